The third-order valence-corrected chi connectivity index (χ3v) is 3.85. The maximum atomic E-state index is 12.3. The Morgan fingerprint density at radius 1 is 1.22 bits per heavy atom. The molecule has 0 saturated carbocycles. The van der Waals surface area contributed by atoms with Crippen LogP contribution < -0.4 is 4.74 Å². The summed E-state index contributed by atoms with van der Waals surface area (Å²) in [4.78, 5) is 37.1. The first-order valence-electron chi connectivity index (χ1n) is 8.77. The number of carboxylic acid groups (broad SMARTS) is 1. The molecule has 1 amide bonds. The van der Waals surface area contributed by atoms with Crippen LogP contribution >= 0.6 is 0 Å². The lowest BCUT2D eigenvalue weighted by Gasteiger charge is -2.26. The lowest BCUT2D eigenvalue weighted by atomic mass is 10.1. The number of hydrogen-bond donors (Lipinski definition) is 1. The lowest BCUT2D eigenvalue weighted by Crippen LogP contribution is -2.43. The Balaban J connectivity index is 2.16. The number of rotatable bonds is 5. The molecule has 27 heavy (non-hydrogen) atoms. The molecule has 0 unspecified atom stereocenters. The standard InChI is InChI=1S/C19H25NO7/c1-5-25-17(23)13-8-6-7-9-15(13)26-12-10-14(16(21)22)20(11-12)18(24)27-19(2,3)4/h6-9,12,14H,5,10-11H2,1-4H3,(H,21,22)/t12-,14-/m0/s1. The monoisotopic (exact) mass is 379 g/mol. The highest BCUT2D eigenvalue weighted by Gasteiger charge is 2.43. The van der Waals surface area contributed by atoms with Crippen molar-refractivity contribution in [3.8, 4) is 5.75 Å². The second-order valence-corrected chi connectivity index (χ2v) is 7.18. The zero-order valence-electron chi connectivity index (χ0n) is 15.9. The Bertz CT molecular complexity index is 710. The number of amides is 1. The summed E-state index contributed by atoms with van der Waals surface area (Å²) in [5, 5.41) is 9.45. The van der Waals surface area contributed by atoms with Crippen LogP contribution in [0.4, 0.5) is 4.79 Å². The topological polar surface area (TPSA) is 102 Å². The van der Waals surface area contributed by atoms with Crippen molar-refractivity contribution in [2.24, 2.45) is 0 Å². The van der Waals surface area contributed by atoms with Crippen LogP contribution in [0.25, 0.3) is 0 Å². The highest BCUT2D eigenvalue weighted by Crippen LogP contribution is 2.27. The lowest BCUT2D eigenvalue weighted by molar-refractivity contribution is -0.142. The predicted octanol–water partition coefficient (Wildman–Crippen LogP) is 2.70. The van der Waals surface area contributed by atoms with Crippen molar-refractivity contribution in [1.29, 1.82) is 0 Å². The summed E-state index contributed by atoms with van der Waals surface area (Å²) in [6.45, 7) is 7.10. The minimum absolute atomic E-state index is 0.0447. The Kier molecular flexibility index (Phi) is 6.30. The number of carboxylic acids is 1. The molecular formula is C19H25NO7. The molecule has 8 heteroatoms. The van der Waals surface area contributed by atoms with Crippen molar-refractivity contribution in [3.05, 3.63) is 29.8 Å². The van der Waals surface area contributed by atoms with Gasteiger partial charge in [-0.3, -0.25) is 4.90 Å². The number of carbonyl (C=O) groups is 3. The van der Waals surface area contributed by atoms with Gasteiger partial charge in [0.1, 0.15) is 29.1 Å². The van der Waals surface area contributed by atoms with E-state index >= 15 is 0 Å². The molecule has 1 fully saturated rings. The van der Waals surface area contributed by atoms with Crippen LogP contribution in [-0.4, -0.2) is 58.9 Å². The Morgan fingerprint density at radius 2 is 1.89 bits per heavy atom. The number of hydrogen-bond acceptors (Lipinski definition) is 6. The Labute approximate surface area is 158 Å². The van der Waals surface area contributed by atoms with Gasteiger partial charge in [0.2, 0.25) is 0 Å². The summed E-state index contributed by atoms with van der Waals surface area (Å²) in [5.41, 5.74) is -0.489. The fourth-order valence-electron chi connectivity index (χ4n) is 2.77. The minimum Gasteiger partial charge on any atom is -0.488 e. The van der Waals surface area contributed by atoms with Crippen LogP contribution in [0.2, 0.25) is 0 Å². The van der Waals surface area contributed by atoms with Gasteiger partial charge in [-0.05, 0) is 39.8 Å². The van der Waals surface area contributed by atoms with Crippen molar-refractivity contribution in [3.63, 3.8) is 0 Å². The van der Waals surface area contributed by atoms with Crippen LogP contribution in [0.1, 0.15) is 44.5 Å². The molecule has 1 saturated heterocycles. The third kappa shape index (κ3) is 5.35. The number of nitrogens with zero attached hydrogens (tertiary/aromatic N) is 1. The molecule has 1 N–H and O–H groups in total. The molecule has 0 bridgehead atoms. The van der Waals surface area contributed by atoms with Crippen molar-refractivity contribution in [1.82, 2.24) is 4.90 Å². The van der Waals surface area contributed by atoms with Gasteiger partial charge in [-0.1, -0.05) is 12.1 Å². The van der Waals surface area contributed by atoms with Gasteiger partial charge in [-0.15, -0.1) is 0 Å². The second kappa shape index (κ2) is 8.28. The zero-order chi connectivity index (χ0) is 20.2. The van der Waals surface area contributed by atoms with Crippen molar-refractivity contribution in [2.45, 2.75) is 51.9 Å². The summed E-state index contributed by atoms with van der Waals surface area (Å²) < 4.78 is 16.1. The number of para-hydroxylation sites is 1. The van der Waals surface area contributed by atoms with E-state index in [4.69, 9.17) is 14.2 Å². The average molecular weight is 379 g/mol. The molecule has 0 radical (unpaired) electrons. The molecule has 1 aromatic rings. The summed E-state index contributed by atoms with van der Waals surface area (Å²) >= 11 is 0. The number of likely N-dealkylation sites (tertiary alicyclic amines) is 1. The highest BCUT2D eigenvalue weighted by atomic mass is 16.6. The fraction of sp³-hybridized carbons (Fsp3) is 0.526. The van der Waals surface area contributed by atoms with Crippen LogP contribution in [0.5, 0.6) is 5.75 Å². The number of carbonyl (C=O) groups excluding carboxylic acids is 2. The molecule has 8 nitrogen and oxygen atoms in total. The van der Waals surface area contributed by atoms with E-state index in [1.807, 2.05) is 0 Å². The van der Waals surface area contributed by atoms with E-state index in [1.165, 1.54) is 0 Å². The molecule has 0 aliphatic carbocycles. The van der Waals surface area contributed by atoms with Gasteiger partial charge in [0.05, 0.1) is 13.2 Å². The van der Waals surface area contributed by atoms with E-state index in [9.17, 15) is 19.5 Å². The van der Waals surface area contributed by atoms with Gasteiger partial charge >= 0.3 is 18.0 Å². The van der Waals surface area contributed by atoms with Gasteiger partial charge in [0.25, 0.3) is 0 Å². The van der Waals surface area contributed by atoms with Crippen molar-refractivity contribution < 1.29 is 33.7 Å². The fourth-order valence-corrected chi connectivity index (χ4v) is 2.77. The molecule has 1 aliphatic rings. The van der Waals surface area contributed by atoms with Gasteiger partial charge in [0.15, 0.2) is 0 Å². The summed E-state index contributed by atoms with van der Waals surface area (Å²) in [6, 6.07) is 5.51. The predicted molar refractivity (Wildman–Crippen MR) is 95.8 cm³/mol. The molecule has 0 spiro atoms. The van der Waals surface area contributed by atoms with Gasteiger partial charge < -0.3 is 19.3 Å². The molecule has 1 aromatic carbocycles. The van der Waals surface area contributed by atoms with Gasteiger partial charge in [-0.2, -0.15) is 0 Å². The number of aliphatic carboxylic acids is 1. The molecule has 2 rings (SSSR count). The molecule has 1 heterocycles. The second-order valence-electron chi connectivity index (χ2n) is 7.18. The maximum Gasteiger partial charge on any atom is 0.411 e. The molecule has 1 aliphatic heterocycles. The number of benzene rings is 1. The maximum absolute atomic E-state index is 12.3. The Hall–Kier alpha value is -2.77. The first kappa shape index (κ1) is 20.5. The quantitative estimate of drug-likeness (QED) is 0.785. The minimum atomic E-state index is -1.13. The highest BCUT2D eigenvalue weighted by molar-refractivity contribution is 5.92. The zero-order valence-corrected chi connectivity index (χ0v) is 15.9. The SMILES string of the molecule is CCOC(=O)c1ccccc1O[C@H]1C[C@@H](C(=O)O)N(C(=O)OC(C)(C)C)C1. The first-order valence-corrected chi connectivity index (χ1v) is 8.77. The Morgan fingerprint density at radius 3 is 2.48 bits per heavy atom. The van der Waals surface area contributed by atoms with E-state index in [0.29, 0.717) is 0 Å². The van der Waals surface area contributed by atoms with Crippen LogP contribution in [0, 0.1) is 0 Å². The van der Waals surface area contributed by atoms with E-state index in [0.717, 1.165) is 4.90 Å². The van der Waals surface area contributed by atoms with Crippen molar-refractivity contribution >= 4 is 18.0 Å². The van der Waals surface area contributed by atoms with E-state index in [2.05, 4.69) is 0 Å². The molecule has 148 valence electrons. The average Bonchev–Trinajstić information content (AvgIpc) is 2.98. The normalized spacial score (nSPS) is 19.5. The van der Waals surface area contributed by atoms with E-state index in [-0.39, 0.29) is 30.9 Å². The number of ether oxygens (including phenoxy) is 3. The van der Waals surface area contributed by atoms with Crippen LogP contribution in [0.3, 0.4) is 0 Å². The molecule has 2 atom stereocenters. The first-order chi connectivity index (χ1) is 12.6. The molecule has 0 aromatic heterocycles. The largest absolute Gasteiger partial charge is 0.488 e. The summed E-state index contributed by atoms with van der Waals surface area (Å²) in [5.74, 6) is -1.37. The number of esters is 1. The summed E-state index contributed by atoms with van der Waals surface area (Å²) in [6.07, 6.45) is -1.21. The van der Waals surface area contributed by atoms with Gasteiger partial charge in [0, 0.05) is 6.42 Å². The summed E-state index contributed by atoms with van der Waals surface area (Å²) in [7, 11) is 0. The van der Waals surface area contributed by atoms with Crippen molar-refractivity contribution in [2.75, 3.05) is 13.2 Å². The molecular weight excluding hydrogens is 354 g/mol. The van der Waals surface area contributed by atoms with E-state index < -0.39 is 35.8 Å². The van der Waals surface area contributed by atoms with E-state index in [1.54, 1.807) is 52.0 Å². The van der Waals surface area contributed by atoms with Crippen LogP contribution in [-0.2, 0) is 14.3 Å². The van der Waals surface area contributed by atoms with Crippen LogP contribution in [0.15, 0.2) is 24.3 Å². The third-order valence-electron chi connectivity index (χ3n) is 3.85. The van der Waals surface area contributed by atoms with Gasteiger partial charge in [-0.25, -0.2) is 14.4 Å². The smallest absolute Gasteiger partial charge is 0.411 e.